The highest BCUT2D eigenvalue weighted by molar-refractivity contribution is 5.54. The van der Waals surface area contributed by atoms with Crippen LogP contribution < -0.4 is 28.7 Å². The van der Waals surface area contributed by atoms with E-state index in [1.165, 1.54) is 33.6 Å². The van der Waals surface area contributed by atoms with Crippen LogP contribution in [0.1, 0.15) is 55.6 Å². The highest BCUT2D eigenvalue weighted by Crippen LogP contribution is 2.37. The van der Waals surface area contributed by atoms with Gasteiger partial charge in [-0.2, -0.15) is 0 Å². The molecule has 87 heavy (non-hydrogen) atoms. The third-order valence-electron chi connectivity index (χ3n) is 17.0. The minimum atomic E-state index is 0.175. The van der Waals surface area contributed by atoms with Gasteiger partial charge in [0.05, 0.1) is 103 Å². The first-order valence-corrected chi connectivity index (χ1v) is 31.5. The summed E-state index contributed by atoms with van der Waals surface area (Å²) in [4.78, 5) is 4.80. The summed E-state index contributed by atoms with van der Waals surface area (Å²) in [7, 11) is 0. The van der Waals surface area contributed by atoms with Crippen molar-refractivity contribution in [2.24, 2.45) is 0 Å². The molecule has 460 valence electrons. The molecule has 10 fully saturated rings. The van der Waals surface area contributed by atoms with E-state index in [0.29, 0.717) is 75.9 Å². The van der Waals surface area contributed by atoms with E-state index in [1.807, 2.05) is 0 Å². The topological polar surface area (TPSA) is 169 Å². The number of anilines is 2. The van der Waals surface area contributed by atoms with E-state index >= 15 is 0 Å². The molecule has 0 aromatic heterocycles. The van der Waals surface area contributed by atoms with Crippen molar-refractivity contribution in [3.63, 3.8) is 0 Å². The van der Waals surface area contributed by atoms with Gasteiger partial charge in [0, 0.05) is 63.2 Å². The minimum Gasteiger partial charge on any atom is -0.490 e. The van der Waals surface area contributed by atoms with Crippen molar-refractivity contribution in [2.75, 3.05) is 128 Å². The molecule has 10 unspecified atom stereocenters. The lowest BCUT2D eigenvalue weighted by molar-refractivity contribution is 0.256. The van der Waals surface area contributed by atoms with Gasteiger partial charge >= 0.3 is 0 Å². The molecule has 0 saturated carbocycles. The molecule has 16 rings (SSSR count). The normalized spacial score (nSPS) is 25.7. The van der Waals surface area contributed by atoms with Gasteiger partial charge in [-0.15, -0.1) is 0 Å². The standard InChI is InChI=1S/C31H34O6.C25H30N2O4.C15H18O4/c1-20-6-3-8-22(29(20)35-17-26-14-32-26)12-24-10-5-11-25(31(24)37-19-28-16-34-28)13-23-9-4-7-21(2)30(23)36-18-27-15-33-27;1-5-20(26(10-22-14-28-22)11-23-15-29-23)6-2-18(1)9-19-3-7-21(8-4-19)27(12-24-16-30-24)13-25-17-31-25;1-2-10(4-12-6-16-12)15(19-9-14-8-18-14)11(3-1)5-13-7-17-13/h3-11,26-28H,12-19H2,1-2H3;1-8,22-25H,9-17H2;1-3,12-14H,4-9H2. The molecule has 6 aromatic carbocycles. The number of benzene rings is 6. The molecule has 0 bridgehead atoms. The Hall–Kier alpha value is -6.28. The Kier molecular flexibility index (Phi) is 18.3. The van der Waals surface area contributed by atoms with Crippen LogP contribution >= 0.6 is 0 Å². The number of rotatable bonds is 32. The molecule has 10 aliphatic rings. The Morgan fingerprint density at radius 2 is 0.563 bits per heavy atom. The molecule has 0 radical (unpaired) electrons. The lowest BCUT2D eigenvalue weighted by Gasteiger charge is -2.24. The zero-order valence-electron chi connectivity index (χ0n) is 50.2. The van der Waals surface area contributed by atoms with Gasteiger partial charge in [-0.05, 0) is 100 Å². The highest BCUT2D eigenvalue weighted by Gasteiger charge is 2.34. The molecule has 0 spiro atoms. The van der Waals surface area contributed by atoms with E-state index in [2.05, 4.69) is 145 Å². The average molecular weight is 1190 g/mol. The lowest BCUT2D eigenvalue weighted by atomic mass is 9.95. The van der Waals surface area contributed by atoms with E-state index in [-0.39, 0.29) is 24.4 Å². The summed E-state index contributed by atoms with van der Waals surface area (Å²) in [6.07, 6.45) is 7.45. The minimum absolute atomic E-state index is 0.175. The molecule has 6 aromatic rings. The van der Waals surface area contributed by atoms with Gasteiger partial charge in [-0.3, -0.25) is 0 Å². The second-order valence-electron chi connectivity index (χ2n) is 24.8. The highest BCUT2D eigenvalue weighted by atomic mass is 16.6. The molecule has 0 amide bonds. The summed E-state index contributed by atoms with van der Waals surface area (Å²) in [5.74, 6) is 3.84. The summed E-state index contributed by atoms with van der Waals surface area (Å²) in [5.41, 5.74) is 14.5. The van der Waals surface area contributed by atoms with Crippen LogP contribution in [-0.2, 0) is 79.5 Å². The first-order chi connectivity index (χ1) is 42.8. The average Bonchev–Trinajstić information content (AvgIpc) is 2.51. The van der Waals surface area contributed by atoms with Crippen LogP contribution in [0.5, 0.6) is 23.0 Å². The zero-order valence-corrected chi connectivity index (χ0v) is 50.2. The van der Waals surface area contributed by atoms with Gasteiger partial charge in [0.2, 0.25) is 0 Å². The summed E-state index contributed by atoms with van der Waals surface area (Å²) >= 11 is 0. The van der Waals surface area contributed by atoms with Gasteiger partial charge in [0.25, 0.3) is 0 Å². The Morgan fingerprint density at radius 3 is 0.874 bits per heavy atom. The molecule has 10 heterocycles. The fourth-order valence-electron chi connectivity index (χ4n) is 11.1. The predicted octanol–water partition coefficient (Wildman–Crippen LogP) is 8.65. The van der Waals surface area contributed by atoms with Gasteiger partial charge in [0.15, 0.2) is 0 Å². The summed E-state index contributed by atoms with van der Waals surface area (Å²) < 4.78 is 78.7. The summed E-state index contributed by atoms with van der Waals surface area (Å²) in [6.45, 7) is 18.8. The zero-order chi connectivity index (χ0) is 58.5. The Bertz CT molecular complexity index is 3010. The van der Waals surface area contributed by atoms with E-state index in [1.54, 1.807) is 0 Å². The van der Waals surface area contributed by atoms with Crippen molar-refractivity contribution in [1.29, 1.82) is 0 Å². The van der Waals surface area contributed by atoms with E-state index < -0.39 is 0 Å². The maximum atomic E-state index is 6.45. The Morgan fingerprint density at radius 1 is 0.299 bits per heavy atom. The van der Waals surface area contributed by atoms with Gasteiger partial charge in [-0.25, -0.2) is 0 Å². The third-order valence-corrected chi connectivity index (χ3v) is 17.0. The van der Waals surface area contributed by atoms with E-state index in [4.69, 9.17) is 66.3 Å². The van der Waals surface area contributed by atoms with Crippen LogP contribution in [0, 0.1) is 13.8 Å². The van der Waals surface area contributed by atoms with E-state index in [9.17, 15) is 0 Å². The van der Waals surface area contributed by atoms with Gasteiger partial charge in [-0.1, -0.05) is 97.1 Å². The van der Waals surface area contributed by atoms with Crippen molar-refractivity contribution in [3.8, 4) is 23.0 Å². The van der Waals surface area contributed by atoms with Crippen LogP contribution in [0.15, 0.2) is 121 Å². The molecule has 0 N–H and O–H groups in total. The first kappa shape index (κ1) is 58.4. The molecule has 10 saturated heterocycles. The number of hydrogen-bond acceptors (Lipinski definition) is 16. The number of nitrogens with zero attached hydrogens (tertiary/aromatic N) is 2. The Balaban J connectivity index is 0.000000120. The molecule has 10 atom stereocenters. The Labute approximate surface area is 511 Å². The van der Waals surface area contributed by atoms with Crippen molar-refractivity contribution in [1.82, 2.24) is 0 Å². The van der Waals surface area contributed by atoms with E-state index in [0.717, 1.165) is 168 Å². The summed E-state index contributed by atoms with van der Waals surface area (Å²) in [5, 5.41) is 0. The van der Waals surface area contributed by atoms with Crippen molar-refractivity contribution >= 4 is 11.4 Å². The van der Waals surface area contributed by atoms with Crippen molar-refractivity contribution in [2.45, 2.75) is 107 Å². The molecule has 16 nitrogen and oxygen atoms in total. The van der Waals surface area contributed by atoms with Crippen LogP contribution in [0.2, 0.25) is 0 Å². The van der Waals surface area contributed by atoms with Crippen LogP contribution in [0.3, 0.4) is 0 Å². The smallest absolute Gasteiger partial charge is 0.126 e. The van der Waals surface area contributed by atoms with Crippen molar-refractivity contribution < 1.29 is 66.3 Å². The molecule has 10 aliphatic heterocycles. The maximum absolute atomic E-state index is 6.45. The lowest BCUT2D eigenvalue weighted by Crippen LogP contribution is -2.31. The van der Waals surface area contributed by atoms with Gasteiger partial charge in [0.1, 0.15) is 73.8 Å². The molecule has 0 aliphatic carbocycles. The third kappa shape index (κ3) is 18.0. The molecule has 16 heteroatoms. The monoisotopic (exact) mass is 1190 g/mol. The quantitative estimate of drug-likeness (QED) is 0.0368. The maximum Gasteiger partial charge on any atom is 0.126 e. The summed E-state index contributed by atoms with van der Waals surface area (Å²) in [6, 6.07) is 43.4. The number of hydrogen-bond donors (Lipinski definition) is 0. The second kappa shape index (κ2) is 27.2. The number of epoxide rings is 10. The fraction of sp³-hybridized carbons (Fsp3) is 0.493. The van der Waals surface area contributed by atoms with Crippen LogP contribution in [0.25, 0.3) is 0 Å². The number of para-hydroxylation sites is 4. The van der Waals surface area contributed by atoms with Crippen LogP contribution in [0.4, 0.5) is 11.4 Å². The second-order valence-corrected chi connectivity index (χ2v) is 24.8. The molecular formula is C71H82N2O14. The fourth-order valence-corrected chi connectivity index (χ4v) is 11.1. The predicted molar refractivity (Wildman–Crippen MR) is 328 cm³/mol. The SMILES string of the molecule is Cc1cccc(Cc2cccc(Cc3cccc(C)c3OCC3CO3)c2OCC2CO2)c1OCC1CO1.c1cc(CC2CO2)c(OCC2CO2)c(CC2CO2)c1.c1cc(N(CC2CO2)CC2CO2)ccc1Cc1ccc(N(CC2CO2)CC2CO2)cc1. The number of aryl methyl sites for hydroxylation is 2. The molecular weight excluding hydrogens is 1100 g/mol. The largest absolute Gasteiger partial charge is 0.490 e. The number of ether oxygens (including phenoxy) is 14. The van der Waals surface area contributed by atoms with Gasteiger partial charge < -0.3 is 76.1 Å². The van der Waals surface area contributed by atoms with Crippen molar-refractivity contribution in [3.05, 3.63) is 177 Å². The van der Waals surface area contributed by atoms with Crippen LogP contribution in [-0.4, -0.2) is 180 Å². The first-order valence-electron chi connectivity index (χ1n) is 31.5.